The van der Waals surface area contributed by atoms with E-state index in [1.165, 1.54) is 0 Å². The second-order valence-corrected chi connectivity index (χ2v) is 6.63. The zero-order valence-electron chi connectivity index (χ0n) is 13.5. The molecule has 2 aliphatic heterocycles. The van der Waals surface area contributed by atoms with Gasteiger partial charge in [-0.3, -0.25) is 9.69 Å². The Hall–Kier alpha value is -0.610. The Labute approximate surface area is 123 Å². The van der Waals surface area contributed by atoms with E-state index in [-0.39, 0.29) is 11.9 Å². The minimum Gasteiger partial charge on any atom is -0.352 e. The molecule has 0 aromatic rings. The molecule has 5 atom stereocenters. The Morgan fingerprint density at radius 1 is 1.35 bits per heavy atom. The molecule has 1 amide bonds. The van der Waals surface area contributed by atoms with Gasteiger partial charge in [-0.1, -0.05) is 20.3 Å². The number of nitrogens with zero attached hydrogens (tertiary/aromatic N) is 1. The lowest BCUT2D eigenvalue weighted by molar-refractivity contribution is -0.127. The molecule has 2 fully saturated rings. The van der Waals surface area contributed by atoms with Gasteiger partial charge in [0.2, 0.25) is 5.91 Å². The highest BCUT2D eigenvalue weighted by Crippen LogP contribution is 2.35. The summed E-state index contributed by atoms with van der Waals surface area (Å²) in [5.74, 6) is 1.68. The van der Waals surface area contributed by atoms with Crippen LogP contribution in [0.1, 0.15) is 47.0 Å². The lowest BCUT2D eigenvalue weighted by Crippen LogP contribution is -2.50. The van der Waals surface area contributed by atoms with Crippen LogP contribution in [0.2, 0.25) is 0 Å². The van der Waals surface area contributed by atoms with Crippen molar-refractivity contribution in [3.8, 4) is 0 Å². The van der Waals surface area contributed by atoms with E-state index in [0.717, 1.165) is 50.7 Å². The van der Waals surface area contributed by atoms with E-state index in [4.69, 9.17) is 0 Å². The standard InChI is InChI=1S/C16H31N3O/c1-5-7-11(3)18-16(20)12(4)19-10-13-8-17-9-14(13)15(19)6-2/h11-15,17H,5-10H2,1-4H3,(H,18,20). The number of amides is 1. The van der Waals surface area contributed by atoms with E-state index in [9.17, 15) is 4.79 Å². The first-order valence-electron chi connectivity index (χ1n) is 8.35. The van der Waals surface area contributed by atoms with Crippen LogP contribution in [0.25, 0.3) is 0 Å². The maximum Gasteiger partial charge on any atom is 0.237 e. The number of carbonyl (C=O) groups excluding carboxylic acids is 1. The third kappa shape index (κ3) is 3.17. The van der Waals surface area contributed by atoms with Crippen LogP contribution in [0.4, 0.5) is 0 Å². The predicted octanol–water partition coefficient (Wildman–Crippen LogP) is 1.61. The van der Waals surface area contributed by atoms with Gasteiger partial charge < -0.3 is 10.6 Å². The van der Waals surface area contributed by atoms with Crippen LogP contribution in [0, 0.1) is 11.8 Å². The smallest absolute Gasteiger partial charge is 0.237 e. The highest BCUT2D eigenvalue weighted by Gasteiger charge is 2.45. The molecule has 0 aliphatic carbocycles. The fourth-order valence-corrected chi connectivity index (χ4v) is 4.06. The SMILES string of the molecule is CCCC(C)NC(=O)C(C)N1CC2CNCC2C1CC. The van der Waals surface area contributed by atoms with Crippen molar-refractivity contribution >= 4 is 5.91 Å². The first kappa shape index (κ1) is 15.8. The van der Waals surface area contributed by atoms with Gasteiger partial charge in [-0.2, -0.15) is 0 Å². The number of hydrogen-bond donors (Lipinski definition) is 2. The van der Waals surface area contributed by atoms with Gasteiger partial charge in [0, 0.05) is 18.6 Å². The second-order valence-electron chi connectivity index (χ2n) is 6.63. The maximum absolute atomic E-state index is 12.4. The molecular formula is C16H31N3O. The summed E-state index contributed by atoms with van der Waals surface area (Å²) < 4.78 is 0. The minimum atomic E-state index is 0.00450. The Morgan fingerprint density at radius 2 is 2.10 bits per heavy atom. The molecule has 0 aromatic heterocycles. The van der Waals surface area contributed by atoms with Crippen molar-refractivity contribution in [3.05, 3.63) is 0 Å². The molecule has 5 unspecified atom stereocenters. The summed E-state index contributed by atoms with van der Waals surface area (Å²) in [6, 6.07) is 0.862. The number of likely N-dealkylation sites (tertiary alicyclic amines) is 1. The summed E-state index contributed by atoms with van der Waals surface area (Å²) >= 11 is 0. The van der Waals surface area contributed by atoms with Crippen molar-refractivity contribution in [2.75, 3.05) is 19.6 Å². The van der Waals surface area contributed by atoms with Gasteiger partial charge in [-0.15, -0.1) is 0 Å². The highest BCUT2D eigenvalue weighted by atomic mass is 16.2. The molecule has 2 rings (SSSR count). The Morgan fingerprint density at radius 3 is 2.75 bits per heavy atom. The summed E-state index contributed by atoms with van der Waals surface area (Å²) in [6.45, 7) is 11.9. The molecule has 4 heteroatoms. The molecule has 4 nitrogen and oxygen atoms in total. The summed E-state index contributed by atoms with van der Waals surface area (Å²) in [7, 11) is 0. The Balaban J connectivity index is 1.94. The number of carbonyl (C=O) groups is 1. The average molecular weight is 281 g/mol. The van der Waals surface area contributed by atoms with E-state index in [1.807, 2.05) is 0 Å². The van der Waals surface area contributed by atoms with Crippen LogP contribution < -0.4 is 10.6 Å². The van der Waals surface area contributed by atoms with Crippen molar-refractivity contribution in [2.45, 2.75) is 65.1 Å². The minimum absolute atomic E-state index is 0.00450. The number of rotatable bonds is 6. The molecule has 2 aliphatic rings. The van der Waals surface area contributed by atoms with Crippen LogP contribution in [0.5, 0.6) is 0 Å². The van der Waals surface area contributed by atoms with Gasteiger partial charge in [0.15, 0.2) is 0 Å². The third-order valence-electron chi connectivity index (χ3n) is 5.16. The van der Waals surface area contributed by atoms with Crippen LogP contribution >= 0.6 is 0 Å². The zero-order chi connectivity index (χ0) is 14.7. The van der Waals surface area contributed by atoms with E-state index in [1.54, 1.807) is 0 Å². The normalized spacial score (nSPS) is 32.9. The Bertz CT molecular complexity index is 334. The summed E-state index contributed by atoms with van der Waals surface area (Å²) in [6.07, 6.45) is 3.32. The predicted molar refractivity (Wildman–Crippen MR) is 82.6 cm³/mol. The van der Waals surface area contributed by atoms with Gasteiger partial charge in [0.25, 0.3) is 0 Å². The van der Waals surface area contributed by atoms with Gasteiger partial charge in [-0.05, 0) is 51.6 Å². The molecule has 20 heavy (non-hydrogen) atoms. The number of hydrogen-bond acceptors (Lipinski definition) is 3. The largest absolute Gasteiger partial charge is 0.352 e. The molecule has 2 saturated heterocycles. The van der Waals surface area contributed by atoms with Crippen LogP contribution in [-0.2, 0) is 4.79 Å². The summed E-state index contributed by atoms with van der Waals surface area (Å²) in [5.41, 5.74) is 0. The zero-order valence-corrected chi connectivity index (χ0v) is 13.5. The molecule has 0 saturated carbocycles. The molecule has 0 aromatic carbocycles. The van der Waals surface area contributed by atoms with Gasteiger partial charge >= 0.3 is 0 Å². The van der Waals surface area contributed by atoms with Crippen molar-refractivity contribution in [2.24, 2.45) is 11.8 Å². The van der Waals surface area contributed by atoms with E-state index in [2.05, 4.69) is 43.2 Å². The van der Waals surface area contributed by atoms with Gasteiger partial charge in [-0.25, -0.2) is 0 Å². The third-order valence-corrected chi connectivity index (χ3v) is 5.16. The van der Waals surface area contributed by atoms with E-state index < -0.39 is 0 Å². The summed E-state index contributed by atoms with van der Waals surface area (Å²) in [5, 5.41) is 6.67. The fraction of sp³-hybridized carbons (Fsp3) is 0.938. The maximum atomic E-state index is 12.4. The molecule has 0 spiro atoms. The van der Waals surface area contributed by atoms with E-state index >= 15 is 0 Å². The molecule has 0 radical (unpaired) electrons. The quantitative estimate of drug-likeness (QED) is 0.777. The summed E-state index contributed by atoms with van der Waals surface area (Å²) in [4.78, 5) is 14.9. The lowest BCUT2D eigenvalue weighted by Gasteiger charge is -2.32. The Kier molecular flexibility index (Phi) is 5.44. The highest BCUT2D eigenvalue weighted by molar-refractivity contribution is 5.81. The molecular weight excluding hydrogens is 250 g/mol. The molecule has 0 bridgehead atoms. The van der Waals surface area contributed by atoms with Gasteiger partial charge in [0.1, 0.15) is 0 Å². The molecule has 2 heterocycles. The number of nitrogens with one attached hydrogen (secondary N) is 2. The van der Waals surface area contributed by atoms with E-state index in [0.29, 0.717) is 12.1 Å². The monoisotopic (exact) mass is 281 g/mol. The second kappa shape index (κ2) is 6.90. The fourth-order valence-electron chi connectivity index (χ4n) is 4.06. The van der Waals surface area contributed by atoms with Crippen LogP contribution in [-0.4, -0.2) is 48.6 Å². The first-order chi connectivity index (χ1) is 9.58. The van der Waals surface area contributed by atoms with Crippen molar-refractivity contribution in [1.82, 2.24) is 15.5 Å². The first-order valence-corrected chi connectivity index (χ1v) is 8.35. The van der Waals surface area contributed by atoms with Crippen molar-refractivity contribution in [3.63, 3.8) is 0 Å². The molecule has 2 N–H and O–H groups in total. The lowest BCUT2D eigenvalue weighted by atomic mass is 9.92. The average Bonchev–Trinajstić information content (AvgIpc) is 2.97. The van der Waals surface area contributed by atoms with Gasteiger partial charge in [0.05, 0.1) is 6.04 Å². The van der Waals surface area contributed by atoms with Crippen molar-refractivity contribution < 1.29 is 4.79 Å². The topological polar surface area (TPSA) is 44.4 Å². The van der Waals surface area contributed by atoms with Crippen LogP contribution in [0.3, 0.4) is 0 Å². The number of fused-ring (bicyclic) bond motifs is 1. The van der Waals surface area contributed by atoms with Crippen LogP contribution in [0.15, 0.2) is 0 Å². The molecule has 116 valence electrons. The van der Waals surface area contributed by atoms with Crippen molar-refractivity contribution in [1.29, 1.82) is 0 Å².